The van der Waals surface area contributed by atoms with Crippen molar-refractivity contribution in [3.8, 4) is 35.3 Å². The van der Waals surface area contributed by atoms with E-state index in [0.717, 1.165) is 49.8 Å². The van der Waals surface area contributed by atoms with E-state index < -0.39 is 0 Å². The Morgan fingerprint density at radius 3 is 2.64 bits per heavy atom. The van der Waals surface area contributed by atoms with Gasteiger partial charge in [0, 0.05) is 63.1 Å². The van der Waals surface area contributed by atoms with E-state index in [2.05, 4.69) is 31.9 Å². The minimum atomic E-state index is -0.275. The Bertz CT molecular complexity index is 1310. The molecule has 36 heavy (non-hydrogen) atoms. The van der Waals surface area contributed by atoms with Crippen LogP contribution >= 0.6 is 0 Å². The lowest BCUT2D eigenvalue weighted by molar-refractivity contribution is -0.125. The van der Waals surface area contributed by atoms with E-state index in [1.165, 1.54) is 0 Å². The zero-order valence-electron chi connectivity index (χ0n) is 20.0. The van der Waals surface area contributed by atoms with E-state index in [1.807, 2.05) is 18.2 Å². The van der Waals surface area contributed by atoms with Crippen molar-refractivity contribution in [1.29, 1.82) is 5.26 Å². The first kappa shape index (κ1) is 23.6. The number of nitriles is 1. The predicted octanol–water partition coefficient (Wildman–Crippen LogP) is 1.26. The fourth-order valence-corrected chi connectivity index (χ4v) is 4.56. The van der Waals surface area contributed by atoms with Gasteiger partial charge < -0.3 is 19.3 Å². The summed E-state index contributed by atoms with van der Waals surface area (Å²) in [5.41, 5.74) is 2.90. The summed E-state index contributed by atoms with van der Waals surface area (Å²) in [4.78, 5) is 22.5. The van der Waals surface area contributed by atoms with Gasteiger partial charge in [0.25, 0.3) is 5.91 Å². The van der Waals surface area contributed by atoms with Crippen molar-refractivity contribution in [2.24, 2.45) is 0 Å². The number of fused-ring (bicyclic) bond motifs is 1. The lowest BCUT2D eigenvalue weighted by Gasteiger charge is -2.34. The molecule has 184 valence electrons. The maximum Gasteiger partial charge on any atom is 0.298 e. The number of anilines is 1. The summed E-state index contributed by atoms with van der Waals surface area (Å²) in [6.07, 6.45) is 10.4. The molecule has 2 aliphatic rings. The van der Waals surface area contributed by atoms with E-state index in [9.17, 15) is 10.1 Å². The zero-order chi connectivity index (χ0) is 24.9. The summed E-state index contributed by atoms with van der Waals surface area (Å²) < 4.78 is 13.2. The summed E-state index contributed by atoms with van der Waals surface area (Å²) >= 11 is 0. The topological polar surface area (TPSA) is 99.2 Å². The molecule has 0 unspecified atom stereocenters. The van der Waals surface area contributed by atoms with E-state index in [0.29, 0.717) is 49.6 Å². The highest BCUT2D eigenvalue weighted by Gasteiger charge is 2.21. The number of carbonyl (C=O) groups excluding carboxylic acids is 1. The van der Waals surface area contributed by atoms with Crippen LogP contribution in [0.25, 0.3) is 16.6 Å². The number of pyridine rings is 2. The molecule has 0 radical (unpaired) electrons. The summed E-state index contributed by atoms with van der Waals surface area (Å²) in [7, 11) is 0. The summed E-state index contributed by atoms with van der Waals surface area (Å²) in [5.74, 6) is 3.41. The van der Waals surface area contributed by atoms with Crippen molar-refractivity contribution in [3.63, 3.8) is 0 Å². The Kier molecular flexibility index (Phi) is 6.99. The number of hydrogen-bond donors (Lipinski definition) is 0. The fourth-order valence-electron chi connectivity index (χ4n) is 4.56. The first-order chi connectivity index (χ1) is 17.7. The number of nitrogens with zero attached hydrogens (tertiary/aromatic N) is 7. The van der Waals surface area contributed by atoms with Gasteiger partial charge in [0.1, 0.15) is 24.2 Å². The van der Waals surface area contributed by atoms with Gasteiger partial charge >= 0.3 is 0 Å². The van der Waals surface area contributed by atoms with Crippen molar-refractivity contribution >= 4 is 17.2 Å². The molecule has 2 saturated heterocycles. The number of rotatable bonds is 6. The first-order valence-electron chi connectivity index (χ1n) is 12.0. The molecule has 3 aromatic heterocycles. The van der Waals surface area contributed by atoms with Gasteiger partial charge in [-0.15, -0.1) is 6.42 Å². The maximum absolute atomic E-state index is 11.7. The van der Waals surface area contributed by atoms with E-state index >= 15 is 0 Å². The Morgan fingerprint density at radius 2 is 1.94 bits per heavy atom. The molecule has 10 heteroatoms. The lowest BCUT2D eigenvalue weighted by atomic mass is 10.1. The minimum Gasteiger partial charge on any atom is -0.491 e. The van der Waals surface area contributed by atoms with Crippen LogP contribution < -0.4 is 9.64 Å². The highest BCUT2D eigenvalue weighted by molar-refractivity contribution is 5.93. The monoisotopic (exact) mass is 485 g/mol. The predicted molar refractivity (Wildman–Crippen MR) is 134 cm³/mol. The molecule has 2 aliphatic heterocycles. The van der Waals surface area contributed by atoms with Gasteiger partial charge in [-0.25, -0.2) is 9.50 Å². The van der Waals surface area contributed by atoms with Gasteiger partial charge in [0.15, 0.2) is 0 Å². The number of piperazine rings is 1. The molecular formula is C26H27N7O3. The second-order valence-corrected chi connectivity index (χ2v) is 8.68. The molecule has 5 rings (SSSR count). The van der Waals surface area contributed by atoms with Crippen LogP contribution in [0, 0.1) is 23.7 Å². The molecule has 0 atom stereocenters. The van der Waals surface area contributed by atoms with E-state index in [4.69, 9.17) is 15.9 Å². The molecule has 3 aromatic rings. The second kappa shape index (κ2) is 10.6. The van der Waals surface area contributed by atoms with Gasteiger partial charge in [-0.1, -0.05) is 0 Å². The number of hydrogen-bond acceptors (Lipinski definition) is 8. The van der Waals surface area contributed by atoms with Crippen LogP contribution in [0.3, 0.4) is 0 Å². The fraction of sp³-hybridized carbons (Fsp3) is 0.385. The van der Waals surface area contributed by atoms with Crippen molar-refractivity contribution < 1.29 is 14.3 Å². The molecule has 0 spiro atoms. The van der Waals surface area contributed by atoms with Gasteiger partial charge in [0.2, 0.25) is 0 Å². The standard InChI is InChI=1S/C26H27N7O3/c1-2-25(34)32-7-5-31(6-8-32)24-4-3-20(17-28-24)23-15-22(19-33-26(23)21(16-27)18-29-33)36-14-11-30-9-12-35-13-10-30/h1,3-4,15,17-19H,5-14H2. The third-order valence-electron chi connectivity index (χ3n) is 6.56. The highest BCUT2D eigenvalue weighted by atomic mass is 16.5. The van der Waals surface area contributed by atoms with Crippen molar-refractivity contribution in [3.05, 3.63) is 42.4 Å². The normalized spacial score (nSPS) is 16.5. The van der Waals surface area contributed by atoms with Crippen molar-refractivity contribution in [2.45, 2.75) is 0 Å². The van der Waals surface area contributed by atoms with Crippen LogP contribution in [0.2, 0.25) is 0 Å². The van der Waals surface area contributed by atoms with Gasteiger partial charge in [-0.3, -0.25) is 9.69 Å². The Hall–Kier alpha value is -4.12. The molecule has 0 bridgehead atoms. The number of terminal acetylenes is 1. The van der Waals surface area contributed by atoms with E-state index in [-0.39, 0.29) is 5.91 Å². The summed E-state index contributed by atoms with van der Waals surface area (Å²) in [6.45, 7) is 7.14. The average Bonchev–Trinajstić information content (AvgIpc) is 3.36. The largest absolute Gasteiger partial charge is 0.491 e. The smallest absolute Gasteiger partial charge is 0.298 e. The highest BCUT2D eigenvalue weighted by Crippen LogP contribution is 2.31. The van der Waals surface area contributed by atoms with Gasteiger partial charge in [0.05, 0.1) is 36.7 Å². The Labute approximate surface area is 209 Å². The molecule has 10 nitrogen and oxygen atoms in total. The number of aromatic nitrogens is 3. The quantitative estimate of drug-likeness (QED) is 0.482. The third-order valence-corrected chi connectivity index (χ3v) is 6.56. The molecule has 0 N–H and O–H groups in total. The summed E-state index contributed by atoms with van der Waals surface area (Å²) in [5, 5.41) is 14.0. The van der Waals surface area contributed by atoms with Gasteiger partial charge in [-0.05, 0) is 24.1 Å². The van der Waals surface area contributed by atoms with Crippen LogP contribution in [-0.4, -0.2) is 95.9 Å². The SMILES string of the molecule is C#CC(=O)N1CCN(c2ccc(-c3cc(OCCN4CCOCC4)cn4ncc(C#N)c34)cn2)CC1. The molecule has 1 amide bonds. The van der Waals surface area contributed by atoms with Crippen LogP contribution in [0.5, 0.6) is 5.75 Å². The number of carbonyl (C=O) groups is 1. The van der Waals surface area contributed by atoms with E-state index in [1.54, 1.807) is 28.0 Å². The molecule has 5 heterocycles. The van der Waals surface area contributed by atoms with Crippen LogP contribution in [0.4, 0.5) is 5.82 Å². The molecular weight excluding hydrogens is 458 g/mol. The summed E-state index contributed by atoms with van der Waals surface area (Å²) in [6, 6.07) is 8.12. The number of amides is 1. The molecule has 0 aromatic carbocycles. The maximum atomic E-state index is 11.7. The van der Waals surface area contributed by atoms with Crippen LogP contribution in [-0.2, 0) is 9.53 Å². The number of morpholine rings is 1. The minimum absolute atomic E-state index is 0.275. The third kappa shape index (κ3) is 4.96. The first-order valence-corrected chi connectivity index (χ1v) is 12.0. The number of ether oxygens (including phenoxy) is 2. The van der Waals surface area contributed by atoms with Crippen LogP contribution in [0.1, 0.15) is 5.56 Å². The average molecular weight is 486 g/mol. The van der Waals surface area contributed by atoms with Gasteiger partial charge in [-0.2, -0.15) is 10.4 Å². The molecule has 2 fully saturated rings. The van der Waals surface area contributed by atoms with Crippen molar-refractivity contribution in [2.75, 3.05) is 70.5 Å². The Balaban J connectivity index is 1.34. The molecule has 0 saturated carbocycles. The zero-order valence-corrected chi connectivity index (χ0v) is 20.0. The Morgan fingerprint density at radius 1 is 1.14 bits per heavy atom. The van der Waals surface area contributed by atoms with Crippen LogP contribution in [0.15, 0.2) is 36.8 Å². The lowest BCUT2D eigenvalue weighted by Crippen LogP contribution is -2.48. The second-order valence-electron chi connectivity index (χ2n) is 8.68. The van der Waals surface area contributed by atoms with Crippen molar-refractivity contribution in [1.82, 2.24) is 24.4 Å². The molecule has 0 aliphatic carbocycles.